The second-order valence-electron chi connectivity index (χ2n) is 6.18. The molecule has 2 heterocycles. The first-order valence-corrected chi connectivity index (χ1v) is 10.6. The third-order valence-electron chi connectivity index (χ3n) is 4.14. The highest BCUT2D eigenvalue weighted by Gasteiger charge is 2.25. The van der Waals surface area contributed by atoms with E-state index >= 15 is 0 Å². The molecule has 1 aliphatic heterocycles. The summed E-state index contributed by atoms with van der Waals surface area (Å²) in [5.74, 6) is -0.321. The van der Waals surface area contributed by atoms with Gasteiger partial charge in [-0.1, -0.05) is 29.5 Å². The monoisotopic (exact) mass is 395 g/mol. The van der Waals surface area contributed by atoms with Crippen molar-refractivity contribution in [3.8, 4) is 0 Å². The van der Waals surface area contributed by atoms with E-state index in [9.17, 15) is 13.2 Å². The van der Waals surface area contributed by atoms with Gasteiger partial charge in [-0.15, -0.1) is 10.2 Å². The van der Waals surface area contributed by atoms with Gasteiger partial charge >= 0.3 is 0 Å². The molecule has 0 saturated carbocycles. The molecule has 0 saturated heterocycles. The van der Waals surface area contributed by atoms with Crippen molar-refractivity contribution in [3.63, 3.8) is 0 Å². The molecule has 0 bridgehead atoms. The average Bonchev–Trinajstić information content (AvgIpc) is 3.16. The Labute approximate surface area is 156 Å². The van der Waals surface area contributed by atoms with Gasteiger partial charge in [0.2, 0.25) is 15.4 Å². The van der Waals surface area contributed by atoms with Crippen LogP contribution in [-0.2, 0) is 21.2 Å². The Hall–Kier alpha value is -2.04. The Morgan fingerprint density at radius 3 is 2.88 bits per heavy atom. The number of fused-ring (bicyclic) bond motifs is 1. The number of carbonyl (C=O) groups excluding carboxylic acids is 1. The first-order chi connectivity index (χ1) is 12.4. The molecule has 8 nitrogen and oxygen atoms in total. The Kier molecular flexibility index (Phi) is 5.54. The summed E-state index contributed by atoms with van der Waals surface area (Å²) in [6, 6.07) is 8.71. The Bertz CT molecular complexity index is 897. The molecule has 1 aromatic heterocycles. The maximum atomic E-state index is 12.3. The highest BCUT2D eigenvalue weighted by atomic mass is 32.2. The van der Waals surface area contributed by atoms with Crippen LogP contribution in [0.4, 0.5) is 10.8 Å². The normalized spacial score (nSPS) is 16.5. The van der Waals surface area contributed by atoms with Crippen molar-refractivity contribution in [3.05, 3.63) is 29.8 Å². The molecule has 1 atom stereocenters. The van der Waals surface area contributed by atoms with Crippen molar-refractivity contribution in [2.45, 2.75) is 37.1 Å². The lowest BCUT2D eigenvalue weighted by atomic mass is 10.1. The minimum atomic E-state index is -3.72. The minimum Gasteiger partial charge on any atom is -0.368 e. The van der Waals surface area contributed by atoms with Crippen molar-refractivity contribution < 1.29 is 13.2 Å². The summed E-state index contributed by atoms with van der Waals surface area (Å²) in [5.41, 5.74) is 2.56. The van der Waals surface area contributed by atoms with Crippen molar-refractivity contribution in [1.82, 2.24) is 14.9 Å². The van der Waals surface area contributed by atoms with Gasteiger partial charge in [0.25, 0.3) is 10.0 Å². The SMILES string of the molecule is CC(=O)Nc1nnc(S(=O)(=O)NCCCN2c3ccccc3C[C@@H]2C)s1. The lowest BCUT2D eigenvalue weighted by Crippen LogP contribution is -2.33. The molecule has 2 aromatic rings. The molecule has 1 amide bonds. The van der Waals surface area contributed by atoms with E-state index in [1.807, 2.05) is 12.1 Å². The van der Waals surface area contributed by atoms with E-state index in [1.165, 1.54) is 18.2 Å². The second kappa shape index (κ2) is 7.68. The van der Waals surface area contributed by atoms with Crippen LogP contribution < -0.4 is 14.9 Å². The molecule has 140 valence electrons. The molecular weight excluding hydrogens is 374 g/mol. The largest absolute Gasteiger partial charge is 0.368 e. The lowest BCUT2D eigenvalue weighted by molar-refractivity contribution is -0.114. The molecule has 26 heavy (non-hydrogen) atoms. The molecule has 2 N–H and O–H groups in total. The van der Waals surface area contributed by atoms with Crippen molar-refractivity contribution in [2.75, 3.05) is 23.3 Å². The number of para-hydroxylation sites is 1. The van der Waals surface area contributed by atoms with E-state index in [2.05, 4.69) is 44.2 Å². The first-order valence-electron chi connectivity index (χ1n) is 8.32. The maximum Gasteiger partial charge on any atom is 0.269 e. The van der Waals surface area contributed by atoms with Gasteiger partial charge in [-0.25, -0.2) is 13.1 Å². The van der Waals surface area contributed by atoms with Crippen LogP contribution in [0.3, 0.4) is 0 Å². The van der Waals surface area contributed by atoms with Crippen LogP contribution in [-0.4, -0.2) is 43.7 Å². The summed E-state index contributed by atoms with van der Waals surface area (Å²) in [7, 11) is -3.72. The Morgan fingerprint density at radius 1 is 1.35 bits per heavy atom. The fraction of sp³-hybridized carbons (Fsp3) is 0.438. The maximum absolute atomic E-state index is 12.3. The fourth-order valence-corrected chi connectivity index (χ4v) is 5.07. The number of nitrogens with zero attached hydrogens (tertiary/aromatic N) is 3. The molecule has 0 radical (unpaired) electrons. The lowest BCUT2D eigenvalue weighted by Gasteiger charge is -2.24. The zero-order valence-electron chi connectivity index (χ0n) is 14.6. The fourth-order valence-electron chi connectivity index (χ4n) is 3.01. The first kappa shape index (κ1) is 18.7. The van der Waals surface area contributed by atoms with Crippen LogP contribution in [0.15, 0.2) is 28.6 Å². The number of aromatic nitrogens is 2. The quantitative estimate of drug-likeness (QED) is 0.545. The van der Waals surface area contributed by atoms with Crippen LogP contribution in [0.5, 0.6) is 0 Å². The van der Waals surface area contributed by atoms with Crippen LogP contribution in [0.2, 0.25) is 0 Å². The molecular formula is C16H21N5O3S2. The van der Waals surface area contributed by atoms with Crippen molar-refractivity contribution in [2.24, 2.45) is 0 Å². The second-order valence-corrected chi connectivity index (χ2v) is 9.10. The minimum absolute atomic E-state index is 0.152. The van der Waals surface area contributed by atoms with E-state index in [0.717, 1.165) is 24.3 Å². The third-order valence-corrected chi connectivity index (χ3v) is 6.80. The van der Waals surface area contributed by atoms with Gasteiger partial charge in [-0.2, -0.15) is 0 Å². The zero-order chi connectivity index (χ0) is 18.7. The van der Waals surface area contributed by atoms with Gasteiger partial charge in [-0.3, -0.25) is 4.79 Å². The number of carbonyl (C=O) groups is 1. The van der Waals surface area contributed by atoms with Crippen LogP contribution >= 0.6 is 11.3 Å². The van der Waals surface area contributed by atoms with Crippen molar-refractivity contribution >= 4 is 38.1 Å². The van der Waals surface area contributed by atoms with Gasteiger partial charge in [-0.05, 0) is 31.4 Å². The summed E-state index contributed by atoms with van der Waals surface area (Å²) < 4.78 is 26.9. The van der Waals surface area contributed by atoms with E-state index in [-0.39, 0.29) is 15.4 Å². The van der Waals surface area contributed by atoms with Gasteiger partial charge < -0.3 is 10.2 Å². The standard InChI is InChI=1S/C16H21N5O3S2/c1-11-10-13-6-3-4-7-14(13)21(11)9-5-8-17-26(23,24)16-20-19-15(25-16)18-12(2)22/h3-4,6-7,11,17H,5,8-10H2,1-2H3,(H,18,19,22)/t11-/m0/s1. The molecule has 0 unspecified atom stereocenters. The summed E-state index contributed by atoms with van der Waals surface area (Å²) in [6.07, 6.45) is 1.69. The van der Waals surface area contributed by atoms with E-state index in [4.69, 9.17) is 0 Å². The van der Waals surface area contributed by atoms with E-state index in [0.29, 0.717) is 19.0 Å². The topological polar surface area (TPSA) is 104 Å². The number of benzene rings is 1. The molecule has 0 aliphatic carbocycles. The summed E-state index contributed by atoms with van der Waals surface area (Å²) >= 11 is 0.828. The van der Waals surface area contributed by atoms with Crippen LogP contribution in [0.25, 0.3) is 0 Å². The smallest absolute Gasteiger partial charge is 0.269 e. The molecule has 1 aliphatic rings. The summed E-state index contributed by atoms with van der Waals surface area (Å²) in [6.45, 7) is 4.58. The predicted octanol–water partition coefficient (Wildman–Crippen LogP) is 1.62. The number of amides is 1. The van der Waals surface area contributed by atoms with E-state index < -0.39 is 10.0 Å². The zero-order valence-corrected chi connectivity index (χ0v) is 16.2. The molecule has 0 spiro atoms. The molecule has 10 heteroatoms. The number of hydrogen-bond acceptors (Lipinski definition) is 7. The van der Waals surface area contributed by atoms with Gasteiger partial charge in [0, 0.05) is 31.7 Å². The molecule has 1 aromatic carbocycles. The Morgan fingerprint density at radius 2 is 2.12 bits per heavy atom. The highest BCUT2D eigenvalue weighted by Crippen LogP contribution is 2.31. The molecule has 0 fully saturated rings. The van der Waals surface area contributed by atoms with E-state index in [1.54, 1.807) is 0 Å². The summed E-state index contributed by atoms with van der Waals surface area (Å²) in [4.78, 5) is 13.3. The number of sulfonamides is 1. The van der Waals surface area contributed by atoms with Crippen LogP contribution in [0.1, 0.15) is 25.8 Å². The number of hydrogen-bond donors (Lipinski definition) is 2. The molecule has 3 rings (SSSR count). The third kappa shape index (κ3) is 4.19. The van der Waals surface area contributed by atoms with Gasteiger partial charge in [0.1, 0.15) is 0 Å². The Balaban J connectivity index is 1.53. The predicted molar refractivity (Wildman–Crippen MR) is 101 cm³/mol. The number of nitrogens with one attached hydrogen (secondary N) is 2. The van der Waals surface area contributed by atoms with Crippen molar-refractivity contribution in [1.29, 1.82) is 0 Å². The number of rotatable bonds is 7. The average molecular weight is 396 g/mol. The summed E-state index contributed by atoms with van der Waals surface area (Å²) in [5, 5.41) is 9.88. The van der Waals surface area contributed by atoms with Crippen LogP contribution in [0, 0.1) is 0 Å². The highest BCUT2D eigenvalue weighted by molar-refractivity contribution is 7.91. The van der Waals surface area contributed by atoms with Gasteiger partial charge in [0.15, 0.2) is 0 Å². The van der Waals surface area contributed by atoms with Gasteiger partial charge in [0.05, 0.1) is 0 Å². The number of anilines is 2.